The molecule has 0 atom stereocenters. The van der Waals surface area contributed by atoms with Crippen LogP contribution in [0.15, 0.2) is 24.3 Å². The largest absolute Gasteiger partial charge is 0.465 e. The predicted molar refractivity (Wildman–Crippen MR) is 95.7 cm³/mol. The third kappa shape index (κ3) is 5.60. The second-order valence-corrected chi connectivity index (χ2v) is 6.73. The molecule has 1 aromatic rings. The Morgan fingerprint density at radius 3 is 2.48 bits per heavy atom. The van der Waals surface area contributed by atoms with Gasteiger partial charge in [0, 0.05) is 24.9 Å². The number of methoxy groups -OCH3 is 1. The van der Waals surface area contributed by atoms with E-state index in [9.17, 15) is 9.59 Å². The molecule has 6 heteroatoms. The smallest absolute Gasteiger partial charge is 0.337 e. The van der Waals surface area contributed by atoms with Crippen LogP contribution in [0.4, 0.5) is 5.69 Å². The molecule has 2 rings (SSSR count). The highest BCUT2D eigenvalue weighted by Gasteiger charge is 2.17. The first-order valence-electron chi connectivity index (χ1n) is 8.26. The molecule has 0 unspecified atom stereocenters. The molecule has 0 aromatic heterocycles. The molecule has 1 aromatic carbocycles. The van der Waals surface area contributed by atoms with E-state index in [-0.39, 0.29) is 0 Å². The summed E-state index contributed by atoms with van der Waals surface area (Å²) in [6.07, 6.45) is 3.05. The predicted octanol–water partition coefficient (Wildman–Crippen LogP) is 2.66. The molecular weight excluding hydrogens is 322 g/mol. The van der Waals surface area contributed by atoms with Crippen molar-refractivity contribution in [3.8, 4) is 0 Å². The SMILES string of the molecule is COC(=O)c1ccc(N2CCOCC2)c(/C=C/C(=O)OC(C)(C)C)c1. The minimum Gasteiger partial charge on any atom is -0.465 e. The molecule has 6 nitrogen and oxygen atoms in total. The van der Waals surface area contributed by atoms with Crippen molar-refractivity contribution in [2.24, 2.45) is 0 Å². The Hall–Kier alpha value is -2.34. The number of morpholine rings is 1. The second kappa shape index (κ2) is 8.16. The first-order valence-corrected chi connectivity index (χ1v) is 8.26. The normalized spacial score (nSPS) is 15.3. The van der Waals surface area contributed by atoms with Gasteiger partial charge in [-0.3, -0.25) is 0 Å². The van der Waals surface area contributed by atoms with Crippen molar-refractivity contribution in [2.45, 2.75) is 26.4 Å². The fraction of sp³-hybridized carbons (Fsp3) is 0.474. The van der Waals surface area contributed by atoms with Crippen LogP contribution in [0.25, 0.3) is 6.08 Å². The number of hydrogen-bond donors (Lipinski definition) is 0. The third-order valence-electron chi connectivity index (χ3n) is 3.61. The lowest BCUT2D eigenvalue weighted by molar-refractivity contribution is -0.148. The van der Waals surface area contributed by atoms with Gasteiger partial charge in [-0.2, -0.15) is 0 Å². The van der Waals surface area contributed by atoms with E-state index in [0.717, 1.165) is 24.3 Å². The maximum atomic E-state index is 12.0. The minimum atomic E-state index is -0.553. The Morgan fingerprint density at radius 1 is 1.20 bits per heavy atom. The maximum Gasteiger partial charge on any atom is 0.337 e. The van der Waals surface area contributed by atoms with Crippen LogP contribution in [0.2, 0.25) is 0 Å². The van der Waals surface area contributed by atoms with Crippen molar-refractivity contribution < 1.29 is 23.8 Å². The van der Waals surface area contributed by atoms with E-state index in [1.807, 2.05) is 26.8 Å². The third-order valence-corrected chi connectivity index (χ3v) is 3.61. The zero-order chi connectivity index (χ0) is 18.4. The summed E-state index contributed by atoms with van der Waals surface area (Å²) < 4.78 is 15.5. The number of ether oxygens (including phenoxy) is 3. The van der Waals surface area contributed by atoms with Crippen molar-refractivity contribution in [1.82, 2.24) is 0 Å². The summed E-state index contributed by atoms with van der Waals surface area (Å²) in [6, 6.07) is 5.31. The van der Waals surface area contributed by atoms with Crippen molar-refractivity contribution in [1.29, 1.82) is 0 Å². The lowest BCUT2D eigenvalue weighted by atomic mass is 10.1. The Labute approximate surface area is 148 Å². The average Bonchev–Trinajstić information content (AvgIpc) is 2.58. The van der Waals surface area contributed by atoms with Crippen LogP contribution >= 0.6 is 0 Å². The first-order chi connectivity index (χ1) is 11.8. The molecule has 0 amide bonds. The number of carbonyl (C=O) groups excluding carboxylic acids is 2. The molecule has 0 aliphatic carbocycles. The van der Waals surface area contributed by atoms with Gasteiger partial charge in [-0.05, 0) is 50.6 Å². The van der Waals surface area contributed by atoms with E-state index in [0.29, 0.717) is 18.8 Å². The van der Waals surface area contributed by atoms with Gasteiger partial charge >= 0.3 is 11.9 Å². The van der Waals surface area contributed by atoms with Gasteiger partial charge in [-0.25, -0.2) is 9.59 Å². The number of anilines is 1. The van der Waals surface area contributed by atoms with E-state index in [2.05, 4.69) is 4.90 Å². The molecule has 0 spiro atoms. The maximum absolute atomic E-state index is 12.0. The van der Waals surface area contributed by atoms with Gasteiger partial charge in [0.25, 0.3) is 0 Å². The molecular formula is C19H25NO5. The summed E-state index contributed by atoms with van der Waals surface area (Å²) in [5.41, 5.74) is 1.58. The minimum absolute atomic E-state index is 0.416. The molecule has 0 N–H and O–H groups in total. The lowest BCUT2D eigenvalue weighted by Crippen LogP contribution is -2.36. The zero-order valence-electron chi connectivity index (χ0n) is 15.2. The van der Waals surface area contributed by atoms with Gasteiger partial charge in [0.2, 0.25) is 0 Å². The summed E-state index contributed by atoms with van der Waals surface area (Å²) in [5, 5.41) is 0. The van der Waals surface area contributed by atoms with Crippen LogP contribution in [-0.4, -0.2) is 51.0 Å². The highest BCUT2D eigenvalue weighted by molar-refractivity contribution is 5.93. The first kappa shape index (κ1) is 19.0. The van der Waals surface area contributed by atoms with Crippen LogP contribution in [0, 0.1) is 0 Å². The lowest BCUT2D eigenvalue weighted by Gasteiger charge is -2.30. The summed E-state index contributed by atoms with van der Waals surface area (Å²) >= 11 is 0. The summed E-state index contributed by atoms with van der Waals surface area (Å²) in [6.45, 7) is 8.25. The molecule has 1 fully saturated rings. The van der Waals surface area contributed by atoms with E-state index in [1.54, 1.807) is 18.2 Å². The quantitative estimate of drug-likeness (QED) is 0.616. The van der Waals surface area contributed by atoms with Crippen LogP contribution in [0.5, 0.6) is 0 Å². The van der Waals surface area contributed by atoms with Gasteiger partial charge < -0.3 is 19.1 Å². The number of rotatable bonds is 4. The molecule has 136 valence electrons. The fourth-order valence-electron chi connectivity index (χ4n) is 2.52. The van der Waals surface area contributed by atoms with Gasteiger partial charge in [-0.1, -0.05) is 0 Å². The number of carbonyl (C=O) groups is 2. The molecule has 1 saturated heterocycles. The van der Waals surface area contributed by atoms with Crippen molar-refractivity contribution in [2.75, 3.05) is 38.3 Å². The fourth-order valence-corrected chi connectivity index (χ4v) is 2.52. The van der Waals surface area contributed by atoms with E-state index >= 15 is 0 Å². The van der Waals surface area contributed by atoms with Gasteiger partial charge in [0.05, 0.1) is 25.9 Å². The number of benzene rings is 1. The van der Waals surface area contributed by atoms with Crippen molar-refractivity contribution in [3.05, 3.63) is 35.4 Å². The van der Waals surface area contributed by atoms with E-state index in [1.165, 1.54) is 13.2 Å². The summed E-state index contributed by atoms with van der Waals surface area (Å²) in [7, 11) is 1.34. The summed E-state index contributed by atoms with van der Waals surface area (Å²) in [5.74, 6) is -0.843. The van der Waals surface area contributed by atoms with Crippen LogP contribution in [0.1, 0.15) is 36.7 Å². The van der Waals surface area contributed by atoms with E-state index < -0.39 is 17.5 Å². The number of esters is 2. The van der Waals surface area contributed by atoms with E-state index in [4.69, 9.17) is 14.2 Å². The Balaban J connectivity index is 2.30. The highest BCUT2D eigenvalue weighted by Crippen LogP contribution is 2.25. The van der Waals surface area contributed by atoms with Crippen molar-refractivity contribution in [3.63, 3.8) is 0 Å². The number of hydrogen-bond acceptors (Lipinski definition) is 6. The molecule has 0 saturated carbocycles. The Kier molecular flexibility index (Phi) is 6.20. The molecule has 1 aliphatic heterocycles. The second-order valence-electron chi connectivity index (χ2n) is 6.73. The molecule has 1 aliphatic rings. The van der Waals surface area contributed by atoms with Crippen LogP contribution in [0.3, 0.4) is 0 Å². The average molecular weight is 347 g/mol. The molecule has 0 radical (unpaired) electrons. The standard InChI is InChI=1S/C19H25NO5/c1-19(2,3)25-17(21)8-6-14-13-15(18(22)23-4)5-7-16(14)20-9-11-24-12-10-20/h5-8,13H,9-12H2,1-4H3/b8-6+. The number of nitrogens with zero attached hydrogens (tertiary/aromatic N) is 1. The Morgan fingerprint density at radius 2 is 1.88 bits per heavy atom. The molecule has 1 heterocycles. The highest BCUT2D eigenvalue weighted by atomic mass is 16.6. The zero-order valence-corrected chi connectivity index (χ0v) is 15.2. The summed E-state index contributed by atoms with van der Waals surface area (Å²) in [4.78, 5) is 25.9. The Bertz CT molecular complexity index is 654. The molecule has 25 heavy (non-hydrogen) atoms. The topological polar surface area (TPSA) is 65.1 Å². The van der Waals surface area contributed by atoms with Gasteiger partial charge in [0.15, 0.2) is 0 Å². The molecule has 0 bridgehead atoms. The van der Waals surface area contributed by atoms with Gasteiger partial charge in [0.1, 0.15) is 5.60 Å². The van der Waals surface area contributed by atoms with Crippen LogP contribution < -0.4 is 4.90 Å². The van der Waals surface area contributed by atoms with Crippen molar-refractivity contribution >= 4 is 23.7 Å². The van der Waals surface area contributed by atoms with Crippen LogP contribution in [-0.2, 0) is 19.0 Å². The monoisotopic (exact) mass is 347 g/mol. The van der Waals surface area contributed by atoms with Gasteiger partial charge in [-0.15, -0.1) is 0 Å².